The molecule has 0 aliphatic heterocycles. The SMILES string of the molecule is COC(=O)c1ccc(N)c(-n2nnc3ccccc32)c1. The largest absolute Gasteiger partial charge is 0.465 e. The lowest BCUT2D eigenvalue weighted by Gasteiger charge is -2.08. The summed E-state index contributed by atoms with van der Waals surface area (Å²) in [6.45, 7) is 0. The van der Waals surface area contributed by atoms with E-state index in [1.165, 1.54) is 7.11 Å². The highest BCUT2D eigenvalue weighted by molar-refractivity contribution is 5.91. The average molecular weight is 268 g/mol. The number of carbonyl (C=O) groups excluding carboxylic acids is 1. The molecule has 0 fully saturated rings. The maximum atomic E-state index is 11.6. The van der Waals surface area contributed by atoms with Crippen molar-refractivity contribution in [1.29, 1.82) is 0 Å². The van der Waals surface area contributed by atoms with Crippen molar-refractivity contribution < 1.29 is 9.53 Å². The summed E-state index contributed by atoms with van der Waals surface area (Å²) in [6.07, 6.45) is 0. The summed E-state index contributed by atoms with van der Waals surface area (Å²) in [7, 11) is 1.34. The Morgan fingerprint density at radius 1 is 1.25 bits per heavy atom. The number of carbonyl (C=O) groups is 1. The third kappa shape index (κ3) is 1.87. The summed E-state index contributed by atoms with van der Waals surface area (Å²) in [5.74, 6) is -0.421. The number of anilines is 1. The monoisotopic (exact) mass is 268 g/mol. The highest BCUT2D eigenvalue weighted by Gasteiger charge is 2.12. The summed E-state index contributed by atoms with van der Waals surface area (Å²) in [6, 6.07) is 12.4. The zero-order valence-electron chi connectivity index (χ0n) is 10.8. The fraction of sp³-hybridized carbons (Fsp3) is 0.0714. The minimum atomic E-state index is -0.421. The molecule has 0 saturated carbocycles. The summed E-state index contributed by atoms with van der Waals surface area (Å²) in [5.41, 5.74) is 9.07. The van der Waals surface area contributed by atoms with Crippen LogP contribution < -0.4 is 5.73 Å². The first kappa shape index (κ1) is 12.2. The molecule has 2 aromatic carbocycles. The van der Waals surface area contributed by atoms with Gasteiger partial charge in [-0.3, -0.25) is 0 Å². The van der Waals surface area contributed by atoms with Crippen molar-refractivity contribution in [3.8, 4) is 5.69 Å². The number of nitrogens with two attached hydrogens (primary N) is 1. The van der Waals surface area contributed by atoms with E-state index >= 15 is 0 Å². The molecule has 0 bridgehead atoms. The topological polar surface area (TPSA) is 83.0 Å². The number of nitrogen functional groups attached to an aromatic ring is 1. The van der Waals surface area contributed by atoms with Gasteiger partial charge in [-0.2, -0.15) is 0 Å². The molecular weight excluding hydrogens is 256 g/mol. The molecule has 1 heterocycles. The van der Waals surface area contributed by atoms with E-state index in [0.717, 1.165) is 11.0 Å². The summed E-state index contributed by atoms with van der Waals surface area (Å²) >= 11 is 0. The number of ether oxygens (including phenoxy) is 1. The molecule has 0 aliphatic rings. The van der Waals surface area contributed by atoms with Gasteiger partial charge in [-0.05, 0) is 30.3 Å². The Bertz CT molecular complexity index is 795. The highest BCUT2D eigenvalue weighted by atomic mass is 16.5. The molecule has 6 heteroatoms. The van der Waals surface area contributed by atoms with Crippen LogP contribution in [-0.4, -0.2) is 28.1 Å². The fourth-order valence-corrected chi connectivity index (χ4v) is 2.02. The van der Waals surface area contributed by atoms with Gasteiger partial charge in [0.25, 0.3) is 0 Å². The Morgan fingerprint density at radius 2 is 2.05 bits per heavy atom. The number of methoxy groups -OCH3 is 1. The maximum Gasteiger partial charge on any atom is 0.337 e. The molecule has 0 amide bonds. The molecule has 6 nitrogen and oxygen atoms in total. The molecule has 1 aromatic heterocycles. The average Bonchev–Trinajstić information content (AvgIpc) is 2.91. The van der Waals surface area contributed by atoms with E-state index in [1.807, 2.05) is 24.3 Å². The molecule has 0 unspecified atom stereocenters. The van der Waals surface area contributed by atoms with E-state index in [4.69, 9.17) is 10.5 Å². The first-order valence-corrected chi connectivity index (χ1v) is 5.99. The second kappa shape index (κ2) is 4.65. The Morgan fingerprint density at radius 3 is 2.85 bits per heavy atom. The van der Waals surface area contributed by atoms with Crippen molar-refractivity contribution in [3.05, 3.63) is 48.0 Å². The molecule has 2 N–H and O–H groups in total. The van der Waals surface area contributed by atoms with Gasteiger partial charge in [0.1, 0.15) is 5.52 Å². The van der Waals surface area contributed by atoms with Crippen LogP contribution in [0, 0.1) is 0 Å². The van der Waals surface area contributed by atoms with E-state index < -0.39 is 5.97 Å². The van der Waals surface area contributed by atoms with Gasteiger partial charge in [-0.1, -0.05) is 17.3 Å². The Hall–Kier alpha value is -2.89. The Labute approximate surface area is 114 Å². The molecule has 3 rings (SSSR count). The second-order valence-corrected chi connectivity index (χ2v) is 4.26. The lowest BCUT2D eigenvalue weighted by molar-refractivity contribution is 0.0600. The van der Waals surface area contributed by atoms with Crippen LogP contribution in [0.4, 0.5) is 5.69 Å². The molecule has 0 spiro atoms. The number of para-hydroxylation sites is 1. The quantitative estimate of drug-likeness (QED) is 0.566. The van der Waals surface area contributed by atoms with Crippen molar-refractivity contribution in [2.45, 2.75) is 0 Å². The van der Waals surface area contributed by atoms with Crippen LogP contribution in [0.1, 0.15) is 10.4 Å². The summed E-state index contributed by atoms with van der Waals surface area (Å²) in [4.78, 5) is 11.6. The van der Waals surface area contributed by atoms with E-state index in [9.17, 15) is 4.79 Å². The van der Waals surface area contributed by atoms with Gasteiger partial charge in [0.05, 0.1) is 29.6 Å². The zero-order valence-corrected chi connectivity index (χ0v) is 10.8. The predicted molar refractivity (Wildman–Crippen MR) is 74.6 cm³/mol. The van der Waals surface area contributed by atoms with Crippen LogP contribution >= 0.6 is 0 Å². The predicted octanol–water partition coefficient (Wildman–Crippen LogP) is 1.79. The van der Waals surface area contributed by atoms with Crippen molar-refractivity contribution in [2.24, 2.45) is 0 Å². The lowest BCUT2D eigenvalue weighted by Crippen LogP contribution is -2.06. The van der Waals surface area contributed by atoms with Crippen molar-refractivity contribution in [3.63, 3.8) is 0 Å². The van der Waals surface area contributed by atoms with E-state index in [0.29, 0.717) is 16.9 Å². The highest BCUT2D eigenvalue weighted by Crippen LogP contribution is 2.22. The molecule has 0 saturated heterocycles. The number of fused-ring (bicyclic) bond motifs is 1. The first-order chi connectivity index (χ1) is 9.70. The van der Waals surface area contributed by atoms with Crippen LogP contribution in [-0.2, 0) is 4.74 Å². The standard InChI is InChI=1S/C14H12N4O2/c1-20-14(19)9-6-7-10(15)13(8-9)18-12-5-3-2-4-11(12)16-17-18/h2-8H,15H2,1H3. The molecule has 0 aliphatic carbocycles. The number of rotatable bonds is 2. The number of hydrogen-bond acceptors (Lipinski definition) is 5. The molecule has 100 valence electrons. The second-order valence-electron chi connectivity index (χ2n) is 4.26. The Balaban J connectivity index is 2.21. The van der Waals surface area contributed by atoms with Gasteiger partial charge in [0.2, 0.25) is 0 Å². The van der Waals surface area contributed by atoms with E-state index in [-0.39, 0.29) is 0 Å². The van der Waals surface area contributed by atoms with Gasteiger partial charge >= 0.3 is 5.97 Å². The van der Waals surface area contributed by atoms with Crippen LogP contribution in [0.5, 0.6) is 0 Å². The molecular formula is C14H12N4O2. The summed E-state index contributed by atoms with van der Waals surface area (Å²) < 4.78 is 6.32. The van der Waals surface area contributed by atoms with Gasteiger partial charge in [-0.15, -0.1) is 5.10 Å². The third-order valence-corrected chi connectivity index (χ3v) is 3.03. The van der Waals surface area contributed by atoms with Gasteiger partial charge in [0, 0.05) is 0 Å². The maximum absolute atomic E-state index is 11.6. The third-order valence-electron chi connectivity index (χ3n) is 3.03. The summed E-state index contributed by atoms with van der Waals surface area (Å²) in [5, 5.41) is 8.16. The first-order valence-electron chi connectivity index (χ1n) is 5.99. The van der Waals surface area contributed by atoms with Crippen molar-refractivity contribution in [2.75, 3.05) is 12.8 Å². The smallest absolute Gasteiger partial charge is 0.337 e. The van der Waals surface area contributed by atoms with E-state index in [2.05, 4.69) is 10.3 Å². The number of aromatic nitrogens is 3. The fourth-order valence-electron chi connectivity index (χ4n) is 2.02. The van der Waals surface area contributed by atoms with Crippen LogP contribution in [0.15, 0.2) is 42.5 Å². The van der Waals surface area contributed by atoms with Crippen LogP contribution in [0.25, 0.3) is 16.7 Å². The van der Waals surface area contributed by atoms with Crippen molar-refractivity contribution >= 4 is 22.7 Å². The van der Waals surface area contributed by atoms with Gasteiger partial charge in [0.15, 0.2) is 0 Å². The number of esters is 1. The number of hydrogen-bond donors (Lipinski definition) is 1. The normalized spacial score (nSPS) is 10.7. The zero-order chi connectivity index (χ0) is 14.1. The van der Waals surface area contributed by atoms with Crippen LogP contribution in [0.3, 0.4) is 0 Å². The number of benzene rings is 2. The van der Waals surface area contributed by atoms with Crippen molar-refractivity contribution in [1.82, 2.24) is 15.0 Å². The minimum Gasteiger partial charge on any atom is -0.465 e. The molecule has 3 aromatic rings. The molecule has 20 heavy (non-hydrogen) atoms. The van der Waals surface area contributed by atoms with Crippen LogP contribution in [0.2, 0.25) is 0 Å². The van der Waals surface area contributed by atoms with E-state index in [1.54, 1.807) is 22.9 Å². The van der Waals surface area contributed by atoms with Gasteiger partial charge < -0.3 is 10.5 Å². The minimum absolute atomic E-state index is 0.413. The molecule has 0 atom stereocenters. The molecule has 0 radical (unpaired) electrons. The Kier molecular flexibility index (Phi) is 2.83. The lowest BCUT2D eigenvalue weighted by atomic mass is 10.1. The van der Waals surface area contributed by atoms with Gasteiger partial charge in [-0.25, -0.2) is 9.48 Å². The number of nitrogens with zero attached hydrogens (tertiary/aromatic N) is 3.